The van der Waals surface area contributed by atoms with E-state index in [4.69, 9.17) is 22.2 Å². The van der Waals surface area contributed by atoms with Crippen LogP contribution in [0.4, 0.5) is 0 Å². The molecule has 0 aromatic carbocycles. The van der Waals surface area contributed by atoms with E-state index < -0.39 is 29.5 Å². The van der Waals surface area contributed by atoms with Gasteiger partial charge in [-0.1, -0.05) is 192 Å². The van der Waals surface area contributed by atoms with E-state index in [0.717, 1.165) is 0 Å². The molecular formula is C36H84Cl2GeSi6Sn. The molecule has 8 radical (unpaired) electrons. The molecule has 0 spiro atoms. The van der Waals surface area contributed by atoms with Crippen molar-refractivity contribution in [2.75, 3.05) is 0 Å². The first-order chi connectivity index (χ1) is 19.4. The summed E-state index contributed by atoms with van der Waals surface area (Å²) in [5.74, 6) is 0. The van der Waals surface area contributed by atoms with Crippen molar-refractivity contribution in [1.29, 1.82) is 0 Å². The average Bonchev–Trinajstić information content (AvgIpc) is 2.77. The van der Waals surface area contributed by atoms with Crippen LogP contribution in [0.2, 0.25) is 66.5 Å². The summed E-state index contributed by atoms with van der Waals surface area (Å²) < 4.78 is 0. The van der Waals surface area contributed by atoms with Gasteiger partial charge in [-0.2, -0.15) is 22.2 Å². The van der Waals surface area contributed by atoms with Crippen LogP contribution in [0, 0.1) is 0 Å². The van der Waals surface area contributed by atoms with Crippen molar-refractivity contribution in [3.63, 3.8) is 0 Å². The van der Waals surface area contributed by atoms with Gasteiger partial charge < -0.3 is 0 Å². The third-order valence-electron chi connectivity index (χ3n) is 11.6. The second kappa shape index (κ2) is 19.0. The average molecular weight is 948 g/mol. The van der Waals surface area contributed by atoms with Gasteiger partial charge in [-0.05, 0) is 40.3 Å². The van der Waals surface area contributed by atoms with Crippen LogP contribution in [0.5, 0.6) is 0 Å². The molecule has 0 aromatic rings. The number of halogens is 2. The van der Waals surface area contributed by atoms with Gasteiger partial charge in [0.15, 0.2) is 14.3 Å². The van der Waals surface area contributed by atoms with E-state index in [1.54, 1.807) is 19.6 Å². The molecule has 0 aliphatic carbocycles. The van der Waals surface area contributed by atoms with E-state index in [0.29, 0.717) is 20.2 Å². The van der Waals surface area contributed by atoms with Gasteiger partial charge in [0, 0.05) is 0 Å². The Morgan fingerprint density at radius 1 is 0.370 bits per heavy atom. The van der Waals surface area contributed by atoms with E-state index in [1.807, 2.05) is 0 Å². The van der Waals surface area contributed by atoms with E-state index >= 15 is 0 Å². The Bertz CT molecular complexity index is 746. The van der Waals surface area contributed by atoms with Crippen molar-refractivity contribution in [3.05, 3.63) is 0 Å². The van der Waals surface area contributed by atoms with Crippen molar-refractivity contribution in [1.82, 2.24) is 0 Å². The Labute approximate surface area is 330 Å². The Morgan fingerprint density at radius 3 is 0.522 bits per heavy atom. The topological polar surface area (TPSA) is 0 Å². The van der Waals surface area contributed by atoms with Gasteiger partial charge in [-0.25, -0.2) is 0 Å². The van der Waals surface area contributed by atoms with Crippen molar-refractivity contribution in [2.45, 2.75) is 233 Å². The fourth-order valence-electron chi connectivity index (χ4n) is 6.26. The number of rotatable bonds is 3. The fourth-order valence-corrected chi connectivity index (χ4v) is 84.6. The van der Waals surface area contributed by atoms with Gasteiger partial charge in [0.05, 0.1) is 32.8 Å². The molecule has 46 heavy (non-hydrogen) atoms. The summed E-state index contributed by atoms with van der Waals surface area (Å²) in [4.78, 5) is 0. The van der Waals surface area contributed by atoms with Crippen molar-refractivity contribution in [3.8, 4) is 0 Å². The third kappa shape index (κ3) is 16.1. The molecule has 0 nitrogen and oxygen atoms in total. The van der Waals surface area contributed by atoms with Gasteiger partial charge >= 0.3 is 32.2 Å². The minimum atomic E-state index is -1.77. The second-order valence-electron chi connectivity index (χ2n) is 22.1. The van der Waals surface area contributed by atoms with E-state index in [1.165, 1.54) is 0 Å². The summed E-state index contributed by atoms with van der Waals surface area (Å²) in [7, 11) is -6.18. The maximum absolute atomic E-state index is 7.52. The SMILES string of the molecule is CC(C)(C)[Si](C)([Si](Cl)[Si](Cl)[Si](C)(C(C)(C)C)C(C)(C)C)C(C)(C)C.C[Si](C(C)(C)C)C(C)(C)C.C[Si](C(C)(C)C)C(C)(C)C.[Ge]=[Sn]. The van der Waals surface area contributed by atoms with E-state index in [-0.39, 0.29) is 37.7 Å². The molecule has 0 aromatic heterocycles. The molecule has 0 atom stereocenters. The van der Waals surface area contributed by atoms with Crippen LogP contribution in [0.25, 0.3) is 0 Å². The van der Waals surface area contributed by atoms with Crippen molar-refractivity contribution >= 4 is 101 Å². The molecule has 0 saturated carbocycles. The first-order valence-corrected chi connectivity index (χ1v) is 42.9. The Morgan fingerprint density at radius 2 is 0.478 bits per heavy atom. The predicted octanol–water partition coefficient (Wildman–Crippen LogP) is 14.7. The molecule has 0 unspecified atom stereocenters. The standard InChI is InChI=1S/C18H42Cl2Si4.2C9H21Si.Ge.Sn/c1-15(2,3)23(13,16(4,5)6)21(19)22(20)24(14,17(7,8)9)18(10,11)12;2*1-8(2,3)10(7)9(4,5)6;;/h1-14H3;2*1-7H3;;. The zero-order chi connectivity index (χ0) is 39.3. The number of hydrogen-bond donors (Lipinski definition) is 0. The van der Waals surface area contributed by atoms with Crippen LogP contribution in [0.3, 0.4) is 0 Å². The third-order valence-corrected chi connectivity index (χ3v) is 79.8. The van der Waals surface area contributed by atoms with Crippen LogP contribution in [0.1, 0.15) is 166 Å². The molecule has 0 bridgehead atoms. The van der Waals surface area contributed by atoms with Crippen LogP contribution in [0.15, 0.2) is 0 Å². The van der Waals surface area contributed by atoms with Crippen LogP contribution < -0.4 is 0 Å². The molecule has 0 saturated heterocycles. The van der Waals surface area contributed by atoms with Gasteiger partial charge in [0.25, 0.3) is 0 Å². The van der Waals surface area contributed by atoms with Crippen molar-refractivity contribution in [2.24, 2.45) is 0 Å². The predicted molar refractivity (Wildman–Crippen MR) is 239 cm³/mol. The molecule has 0 aliphatic heterocycles. The fraction of sp³-hybridized carbons (Fsp3) is 1.00. The van der Waals surface area contributed by atoms with Gasteiger partial charge in [0.1, 0.15) is 0 Å². The molecule has 0 amide bonds. The normalized spacial score (nSPS) is 14.8. The molecule has 0 aliphatic rings. The number of hydrogen-bond acceptors (Lipinski definition) is 0. The first kappa shape index (κ1) is 56.0. The minimum absolute atomic E-state index is 0.221. The molecule has 0 fully saturated rings. The Kier molecular flexibility index (Phi) is 23.1. The van der Waals surface area contributed by atoms with Gasteiger partial charge in [-0.15, -0.1) is 0 Å². The van der Waals surface area contributed by atoms with Gasteiger partial charge in [-0.3, -0.25) is 0 Å². The summed E-state index contributed by atoms with van der Waals surface area (Å²) in [5, 5.41) is 3.28. The molecule has 10 heteroatoms. The monoisotopic (exact) mass is 948 g/mol. The van der Waals surface area contributed by atoms with Gasteiger partial charge in [0.2, 0.25) is 0 Å². The summed E-state index contributed by atoms with van der Waals surface area (Å²) >= 11 is 18.7. The zero-order valence-electron chi connectivity index (χ0n) is 36.8. The summed E-state index contributed by atoms with van der Waals surface area (Å²) in [6.45, 7) is 67.2. The van der Waals surface area contributed by atoms with E-state index in [2.05, 4.69) is 205 Å². The zero-order valence-corrected chi connectivity index (χ0v) is 49.2. The molecular weight excluding hydrogens is 863 g/mol. The maximum atomic E-state index is 7.52. The quantitative estimate of drug-likeness (QED) is 0.195. The van der Waals surface area contributed by atoms with Crippen LogP contribution in [-0.4, -0.2) is 79.3 Å². The summed E-state index contributed by atoms with van der Waals surface area (Å²) in [6, 6.07) is 0. The molecule has 0 rings (SSSR count). The summed E-state index contributed by atoms with van der Waals surface area (Å²) in [5.41, 5.74) is 0. The van der Waals surface area contributed by atoms with Crippen LogP contribution in [-0.2, 0) is 0 Å². The molecule has 0 heterocycles. The first-order valence-electron chi connectivity index (χ1n) is 17.4. The van der Waals surface area contributed by atoms with Crippen LogP contribution >= 0.6 is 22.2 Å². The molecule has 274 valence electrons. The molecule has 0 N–H and O–H groups in total. The summed E-state index contributed by atoms with van der Waals surface area (Å²) in [6.07, 6.45) is 0. The second-order valence-corrected chi connectivity index (χ2v) is 63.5. The Balaban J connectivity index is -0.000000329. The van der Waals surface area contributed by atoms with Crippen molar-refractivity contribution < 1.29 is 0 Å². The Hall–Kier alpha value is 3.22. The van der Waals surface area contributed by atoms with E-state index in [9.17, 15) is 0 Å².